The predicted molar refractivity (Wildman–Crippen MR) is 137 cm³/mol. The van der Waals surface area contributed by atoms with E-state index >= 15 is 0 Å². The van der Waals surface area contributed by atoms with E-state index in [9.17, 15) is 24.8 Å². The molecule has 8 heteroatoms. The highest BCUT2D eigenvalue weighted by Crippen LogP contribution is 2.45. The molecule has 1 unspecified atom stereocenters. The molecule has 1 fully saturated rings. The Bertz CT molecular complexity index is 1590. The van der Waals surface area contributed by atoms with Gasteiger partial charge in [0.1, 0.15) is 5.76 Å². The second-order valence-electron chi connectivity index (χ2n) is 9.03. The number of aryl methyl sites for hydroxylation is 3. The van der Waals surface area contributed by atoms with Gasteiger partial charge in [-0.25, -0.2) is 0 Å². The summed E-state index contributed by atoms with van der Waals surface area (Å²) in [6.07, 6.45) is 1.84. The van der Waals surface area contributed by atoms with Crippen LogP contribution in [0, 0.1) is 24.0 Å². The third-order valence-corrected chi connectivity index (χ3v) is 6.48. The molecule has 2 heterocycles. The Labute approximate surface area is 206 Å². The Balaban J connectivity index is 1.82. The van der Waals surface area contributed by atoms with Crippen LogP contribution in [0.25, 0.3) is 16.7 Å². The summed E-state index contributed by atoms with van der Waals surface area (Å²) in [5, 5.41) is 23.5. The summed E-state index contributed by atoms with van der Waals surface area (Å²) < 4.78 is 1.90. The smallest absolute Gasteiger partial charge is 0.300 e. The van der Waals surface area contributed by atoms with E-state index in [1.165, 1.54) is 29.2 Å². The minimum Gasteiger partial charge on any atom is -0.507 e. The number of hydrogen-bond donors (Lipinski definition) is 1. The van der Waals surface area contributed by atoms with E-state index < -0.39 is 28.4 Å². The number of nitro benzene ring substituents is 1. The van der Waals surface area contributed by atoms with Gasteiger partial charge < -0.3 is 9.67 Å². The molecule has 1 atom stereocenters. The average molecular weight is 482 g/mol. The van der Waals surface area contributed by atoms with Crippen molar-refractivity contribution in [1.82, 2.24) is 4.57 Å². The minimum absolute atomic E-state index is 0.0906. The molecule has 5 rings (SSSR count). The molecule has 3 aromatic carbocycles. The number of nitro groups is 1. The van der Waals surface area contributed by atoms with Gasteiger partial charge in [0.05, 0.1) is 16.5 Å². The van der Waals surface area contributed by atoms with Gasteiger partial charge in [-0.2, -0.15) is 0 Å². The van der Waals surface area contributed by atoms with Crippen LogP contribution >= 0.6 is 0 Å². The zero-order valence-electron chi connectivity index (χ0n) is 19.9. The molecule has 1 N–H and O–H groups in total. The van der Waals surface area contributed by atoms with E-state index in [-0.39, 0.29) is 16.8 Å². The van der Waals surface area contributed by atoms with Crippen LogP contribution in [0.1, 0.15) is 28.3 Å². The highest BCUT2D eigenvalue weighted by molar-refractivity contribution is 6.52. The summed E-state index contributed by atoms with van der Waals surface area (Å²) in [6, 6.07) is 17.7. The van der Waals surface area contributed by atoms with Crippen LogP contribution in [-0.4, -0.2) is 26.3 Å². The Kier molecular flexibility index (Phi) is 5.44. The van der Waals surface area contributed by atoms with Crippen molar-refractivity contribution in [2.75, 3.05) is 4.90 Å². The molecule has 0 saturated carbocycles. The number of Topliss-reactive ketones (excluding diaryl/α,β-unsaturated/α-hetero) is 1. The van der Waals surface area contributed by atoms with Gasteiger partial charge in [-0.3, -0.25) is 24.6 Å². The normalized spacial score (nSPS) is 17.2. The Morgan fingerprint density at radius 1 is 0.972 bits per heavy atom. The topological polar surface area (TPSA) is 106 Å². The molecule has 1 aromatic heterocycles. The maximum atomic E-state index is 13.5. The highest BCUT2D eigenvalue weighted by atomic mass is 16.6. The van der Waals surface area contributed by atoms with Crippen LogP contribution in [0.15, 0.2) is 78.5 Å². The number of ketones is 1. The van der Waals surface area contributed by atoms with Gasteiger partial charge in [0.15, 0.2) is 0 Å². The van der Waals surface area contributed by atoms with Crippen molar-refractivity contribution in [2.24, 2.45) is 7.05 Å². The SMILES string of the molecule is Cc1cc(C)cc(N2C(=O)C(=O)/C(=C(/O)c3cccc([N+](=O)[O-])c3)C2c2cn(C)c3ccccc23)c1. The number of non-ortho nitro benzene ring substituents is 1. The van der Waals surface area contributed by atoms with Crippen LogP contribution in [0.2, 0.25) is 0 Å². The largest absolute Gasteiger partial charge is 0.507 e. The number of aromatic nitrogens is 1. The van der Waals surface area contributed by atoms with Gasteiger partial charge in [-0.15, -0.1) is 0 Å². The maximum absolute atomic E-state index is 13.5. The van der Waals surface area contributed by atoms with Crippen molar-refractivity contribution in [3.8, 4) is 0 Å². The van der Waals surface area contributed by atoms with Crippen molar-refractivity contribution in [2.45, 2.75) is 19.9 Å². The molecule has 36 heavy (non-hydrogen) atoms. The summed E-state index contributed by atoms with van der Waals surface area (Å²) in [6.45, 7) is 3.81. The summed E-state index contributed by atoms with van der Waals surface area (Å²) in [5.74, 6) is -2.08. The number of carbonyl (C=O) groups is 2. The van der Waals surface area contributed by atoms with Crippen LogP contribution < -0.4 is 4.90 Å². The molecule has 1 aliphatic heterocycles. The van der Waals surface area contributed by atoms with Crippen molar-refractivity contribution in [3.05, 3.63) is 111 Å². The predicted octanol–water partition coefficient (Wildman–Crippen LogP) is 5.33. The van der Waals surface area contributed by atoms with Crippen LogP contribution in [0.5, 0.6) is 0 Å². The van der Waals surface area contributed by atoms with E-state index in [0.717, 1.165) is 22.0 Å². The number of aliphatic hydroxyl groups is 1. The first-order chi connectivity index (χ1) is 17.2. The molecule has 180 valence electrons. The number of rotatable bonds is 4. The van der Waals surface area contributed by atoms with Crippen molar-refractivity contribution in [1.29, 1.82) is 0 Å². The standard InChI is InChI=1S/C28H23N3O5/c1-16-11-17(2)13-20(12-16)30-25(22-15-29(3)23-10-5-4-9-21(22)23)24(27(33)28(30)34)26(32)18-7-6-8-19(14-18)31(35)36/h4-15,25,32H,1-3H3/b26-24+. The average Bonchev–Trinajstić information content (AvgIpc) is 3.31. The van der Waals surface area contributed by atoms with Crippen molar-refractivity contribution >= 4 is 39.7 Å². The van der Waals surface area contributed by atoms with Crippen molar-refractivity contribution < 1.29 is 19.6 Å². The summed E-state index contributed by atoms with van der Waals surface area (Å²) in [4.78, 5) is 39.1. The van der Waals surface area contributed by atoms with E-state index in [0.29, 0.717) is 11.3 Å². The molecule has 1 aliphatic rings. The number of nitrogens with zero attached hydrogens (tertiary/aromatic N) is 3. The number of hydrogen-bond acceptors (Lipinski definition) is 5. The molecule has 4 aromatic rings. The lowest BCUT2D eigenvalue weighted by molar-refractivity contribution is -0.384. The van der Waals surface area contributed by atoms with Gasteiger partial charge in [-0.05, 0) is 43.2 Å². The van der Waals surface area contributed by atoms with E-state index in [2.05, 4.69) is 0 Å². The molecule has 0 bridgehead atoms. The number of para-hydroxylation sites is 1. The molecule has 0 spiro atoms. The lowest BCUT2D eigenvalue weighted by Crippen LogP contribution is -2.29. The fourth-order valence-corrected chi connectivity index (χ4v) is 5.00. The minimum atomic E-state index is -0.934. The number of anilines is 1. The number of aliphatic hydroxyl groups excluding tert-OH is 1. The third-order valence-electron chi connectivity index (χ3n) is 6.48. The van der Waals surface area contributed by atoms with E-state index in [1.807, 2.05) is 74.1 Å². The molecular weight excluding hydrogens is 458 g/mol. The summed E-state index contributed by atoms with van der Waals surface area (Å²) in [5.41, 5.74) is 3.68. The van der Waals surface area contributed by atoms with Gasteiger partial charge in [0, 0.05) is 53.1 Å². The molecule has 0 aliphatic carbocycles. The Morgan fingerprint density at radius 2 is 1.67 bits per heavy atom. The van der Waals surface area contributed by atoms with Gasteiger partial charge in [-0.1, -0.05) is 36.4 Å². The lowest BCUT2D eigenvalue weighted by Gasteiger charge is -2.25. The maximum Gasteiger partial charge on any atom is 0.300 e. The van der Waals surface area contributed by atoms with Gasteiger partial charge >= 0.3 is 0 Å². The van der Waals surface area contributed by atoms with E-state index in [4.69, 9.17) is 0 Å². The fourth-order valence-electron chi connectivity index (χ4n) is 5.00. The molecule has 8 nitrogen and oxygen atoms in total. The molecule has 0 radical (unpaired) electrons. The number of fused-ring (bicyclic) bond motifs is 1. The van der Waals surface area contributed by atoms with Crippen LogP contribution in [0.3, 0.4) is 0 Å². The molecule has 1 saturated heterocycles. The van der Waals surface area contributed by atoms with E-state index in [1.54, 1.807) is 0 Å². The Morgan fingerprint density at radius 3 is 2.36 bits per heavy atom. The zero-order valence-corrected chi connectivity index (χ0v) is 19.9. The number of amides is 1. The lowest BCUT2D eigenvalue weighted by atomic mass is 9.94. The summed E-state index contributed by atoms with van der Waals surface area (Å²) >= 11 is 0. The summed E-state index contributed by atoms with van der Waals surface area (Å²) in [7, 11) is 1.87. The van der Waals surface area contributed by atoms with Crippen LogP contribution in [0.4, 0.5) is 11.4 Å². The zero-order chi connectivity index (χ0) is 25.7. The van der Waals surface area contributed by atoms with Crippen molar-refractivity contribution in [3.63, 3.8) is 0 Å². The van der Waals surface area contributed by atoms with Gasteiger partial charge in [0.25, 0.3) is 17.4 Å². The quantitative estimate of drug-likeness (QED) is 0.139. The number of carbonyl (C=O) groups excluding carboxylic acids is 2. The first-order valence-corrected chi connectivity index (χ1v) is 11.4. The van der Waals surface area contributed by atoms with Crippen LogP contribution in [-0.2, 0) is 16.6 Å². The second-order valence-corrected chi connectivity index (χ2v) is 9.03. The van der Waals surface area contributed by atoms with Gasteiger partial charge in [0.2, 0.25) is 0 Å². The first-order valence-electron chi connectivity index (χ1n) is 11.4. The first kappa shape index (κ1) is 23.0. The number of benzene rings is 3. The fraction of sp³-hybridized carbons (Fsp3) is 0.143. The third kappa shape index (κ3) is 3.63. The molecular formula is C28H23N3O5. The monoisotopic (exact) mass is 481 g/mol. The second kappa shape index (κ2) is 8.49. The molecule has 1 amide bonds. The Hall–Kier alpha value is -4.72. The highest BCUT2D eigenvalue weighted by Gasteiger charge is 2.48.